The molecule has 8 heteroatoms. The summed E-state index contributed by atoms with van der Waals surface area (Å²) in [5.41, 5.74) is 0.810. The van der Waals surface area contributed by atoms with Gasteiger partial charge in [-0.15, -0.1) is 0 Å². The van der Waals surface area contributed by atoms with Gasteiger partial charge in [-0.1, -0.05) is 12.1 Å². The van der Waals surface area contributed by atoms with Crippen molar-refractivity contribution in [2.75, 3.05) is 25.6 Å². The van der Waals surface area contributed by atoms with Crippen molar-refractivity contribution in [3.63, 3.8) is 0 Å². The summed E-state index contributed by atoms with van der Waals surface area (Å²) in [5.74, 6) is 1.85. The lowest BCUT2D eigenvalue weighted by atomic mass is 10.1. The van der Waals surface area contributed by atoms with Crippen molar-refractivity contribution in [3.05, 3.63) is 53.6 Å². The Balaban J connectivity index is 1.60. The highest BCUT2D eigenvalue weighted by molar-refractivity contribution is 5.93. The van der Waals surface area contributed by atoms with E-state index in [2.05, 4.69) is 15.6 Å². The molecular weight excluding hydrogens is 359 g/mol. The number of hydrogen-bond donors (Lipinski definition) is 2. The molecule has 2 N–H and O–H groups in total. The van der Waals surface area contributed by atoms with Crippen molar-refractivity contribution in [1.29, 1.82) is 0 Å². The zero-order valence-electron chi connectivity index (χ0n) is 14.8. The van der Waals surface area contributed by atoms with Crippen LogP contribution in [0.3, 0.4) is 0 Å². The number of aliphatic imine (C=N–C) groups is 1. The molecule has 0 unspecified atom stereocenters. The minimum Gasteiger partial charge on any atom is -0.490 e. The Kier molecular flexibility index (Phi) is 5.73. The van der Waals surface area contributed by atoms with Crippen LogP contribution in [0.15, 0.2) is 47.5 Å². The number of alkyl halides is 3. The zero-order valence-corrected chi connectivity index (χ0v) is 14.8. The van der Waals surface area contributed by atoms with Gasteiger partial charge in [-0.05, 0) is 29.8 Å². The second-order valence-electron chi connectivity index (χ2n) is 5.96. The molecule has 27 heavy (non-hydrogen) atoms. The predicted octanol–water partition coefficient (Wildman–Crippen LogP) is 4.05. The van der Waals surface area contributed by atoms with Crippen LogP contribution < -0.4 is 20.1 Å². The summed E-state index contributed by atoms with van der Waals surface area (Å²) in [6.07, 6.45) is -3.51. The van der Waals surface area contributed by atoms with Gasteiger partial charge in [-0.25, -0.2) is 0 Å². The standard InChI is InChI=1S/C19H20F3N3O2/c1-23-18(24-12-13-3-5-14(6-4-13)19(20,21)22)25-15-7-8-16-17(11-15)27-10-2-9-26-16/h3-8,11H,2,9-10,12H2,1H3,(H2,23,24,25). The second-order valence-corrected chi connectivity index (χ2v) is 5.96. The first-order valence-electron chi connectivity index (χ1n) is 8.49. The SMILES string of the molecule is CN=C(NCc1ccc(C(F)(F)F)cc1)Nc1ccc2c(c1)OCCCO2. The maximum Gasteiger partial charge on any atom is 0.416 e. The van der Waals surface area contributed by atoms with Gasteiger partial charge < -0.3 is 20.1 Å². The molecule has 5 nitrogen and oxygen atoms in total. The molecular formula is C19H20F3N3O2. The Labute approximate surface area is 155 Å². The largest absolute Gasteiger partial charge is 0.490 e. The van der Waals surface area contributed by atoms with Gasteiger partial charge >= 0.3 is 6.18 Å². The minimum atomic E-state index is -4.33. The highest BCUT2D eigenvalue weighted by Crippen LogP contribution is 2.32. The van der Waals surface area contributed by atoms with E-state index >= 15 is 0 Å². The van der Waals surface area contributed by atoms with E-state index < -0.39 is 11.7 Å². The fourth-order valence-corrected chi connectivity index (χ4v) is 2.55. The van der Waals surface area contributed by atoms with Crippen LogP contribution >= 0.6 is 0 Å². The fourth-order valence-electron chi connectivity index (χ4n) is 2.55. The monoisotopic (exact) mass is 379 g/mol. The summed E-state index contributed by atoms with van der Waals surface area (Å²) in [6.45, 7) is 1.55. The van der Waals surface area contributed by atoms with Crippen LogP contribution in [0, 0.1) is 0 Å². The molecule has 0 aromatic heterocycles. The molecule has 1 aliphatic heterocycles. The summed E-state index contributed by atoms with van der Waals surface area (Å²) < 4.78 is 49.1. The van der Waals surface area contributed by atoms with Gasteiger partial charge in [0.2, 0.25) is 0 Å². The molecule has 2 aromatic carbocycles. The van der Waals surface area contributed by atoms with E-state index in [9.17, 15) is 13.2 Å². The topological polar surface area (TPSA) is 54.9 Å². The van der Waals surface area contributed by atoms with Gasteiger partial charge in [-0.3, -0.25) is 4.99 Å². The van der Waals surface area contributed by atoms with Crippen LogP contribution in [0.25, 0.3) is 0 Å². The third-order valence-corrected chi connectivity index (χ3v) is 3.98. The molecule has 1 heterocycles. The molecule has 0 saturated carbocycles. The highest BCUT2D eigenvalue weighted by atomic mass is 19.4. The van der Waals surface area contributed by atoms with Crippen LogP contribution in [0.1, 0.15) is 17.5 Å². The van der Waals surface area contributed by atoms with Crippen molar-refractivity contribution in [2.45, 2.75) is 19.1 Å². The number of halogens is 3. The van der Waals surface area contributed by atoms with Crippen LogP contribution in [0.2, 0.25) is 0 Å². The van der Waals surface area contributed by atoms with E-state index in [0.29, 0.717) is 42.8 Å². The van der Waals surface area contributed by atoms with Crippen molar-refractivity contribution < 1.29 is 22.6 Å². The van der Waals surface area contributed by atoms with Crippen LogP contribution in [0.5, 0.6) is 11.5 Å². The Hall–Kier alpha value is -2.90. The number of nitrogens with zero attached hydrogens (tertiary/aromatic N) is 1. The first-order valence-corrected chi connectivity index (χ1v) is 8.49. The summed E-state index contributed by atoms with van der Waals surface area (Å²) >= 11 is 0. The van der Waals surface area contributed by atoms with Crippen LogP contribution in [0.4, 0.5) is 18.9 Å². The lowest BCUT2D eigenvalue weighted by Gasteiger charge is -2.14. The van der Waals surface area contributed by atoms with E-state index in [4.69, 9.17) is 9.47 Å². The van der Waals surface area contributed by atoms with Gasteiger partial charge in [0.25, 0.3) is 0 Å². The number of guanidine groups is 1. The Morgan fingerprint density at radius 2 is 1.74 bits per heavy atom. The van der Waals surface area contributed by atoms with Gasteiger partial charge in [0, 0.05) is 31.8 Å². The Bertz CT molecular complexity index is 805. The van der Waals surface area contributed by atoms with E-state index in [1.54, 1.807) is 7.05 Å². The van der Waals surface area contributed by atoms with Crippen molar-refractivity contribution in [3.8, 4) is 11.5 Å². The van der Waals surface area contributed by atoms with Gasteiger partial charge in [-0.2, -0.15) is 13.2 Å². The zero-order chi connectivity index (χ0) is 19.3. The molecule has 0 amide bonds. The maximum atomic E-state index is 12.6. The van der Waals surface area contributed by atoms with E-state index in [0.717, 1.165) is 24.2 Å². The number of fused-ring (bicyclic) bond motifs is 1. The van der Waals surface area contributed by atoms with Crippen molar-refractivity contribution in [2.24, 2.45) is 4.99 Å². The van der Waals surface area contributed by atoms with Gasteiger partial charge in [0.1, 0.15) is 0 Å². The summed E-state index contributed by atoms with van der Waals surface area (Å²) in [4.78, 5) is 4.13. The minimum absolute atomic E-state index is 0.336. The quantitative estimate of drug-likeness (QED) is 0.624. The first-order chi connectivity index (χ1) is 13.0. The number of anilines is 1. The molecule has 144 valence electrons. The normalized spacial score (nSPS) is 14.4. The predicted molar refractivity (Wildman–Crippen MR) is 97.3 cm³/mol. The highest BCUT2D eigenvalue weighted by Gasteiger charge is 2.29. The maximum absolute atomic E-state index is 12.6. The molecule has 0 bridgehead atoms. The third kappa shape index (κ3) is 5.06. The fraction of sp³-hybridized carbons (Fsp3) is 0.316. The molecule has 1 aliphatic rings. The van der Waals surface area contributed by atoms with Crippen LogP contribution in [-0.4, -0.2) is 26.2 Å². The Morgan fingerprint density at radius 3 is 2.41 bits per heavy atom. The summed E-state index contributed by atoms with van der Waals surface area (Å²) in [5, 5.41) is 6.20. The van der Waals surface area contributed by atoms with E-state index in [1.165, 1.54) is 12.1 Å². The number of rotatable bonds is 3. The van der Waals surface area contributed by atoms with Crippen molar-refractivity contribution in [1.82, 2.24) is 5.32 Å². The number of hydrogen-bond acceptors (Lipinski definition) is 3. The Morgan fingerprint density at radius 1 is 1.04 bits per heavy atom. The molecule has 0 saturated heterocycles. The molecule has 0 radical (unpaired) electrons. The van der Waals surface area contributed by atoms with Crippen LogP contribution in [-0.2, 0) is 12.7 Å². The molecule has 3 rings (SSSR count). The average Bonchev–Trinajstić information content (AvgIpc) is 2.89. The molecule has 0 aliphatic carbocycles. The lowest BCUT2D eigenvalue weighted by Crippen LogP contribution is -2.30. The smallest absolute Gasteiger partial charge is 0.416 e. The summed E-state index contributed by atoms with van der Waals surface area (Å²) in [7, 11) is 1.62. The van der Waals surface area contributed by atoms with E-state index in [-0.39, 0.29) is 0 Å². The molecule has 0 spiro atoms. The molecule has 0 fully saturated rings. The number of nitrogens with one attached hydrogen (secondary N) is 2. The number of benzene rings is 2. The average molecular weight is 379 g/mol. The molecule has 2 aromatic rings. The molecule has 0 atom stereocenters. The van der Waals surface area contributed by atoms with Crippen molar-refractivity contribution >= 4 is 11.6 Å². The lowest BCUT2D eigenvalue weighted by molar-refractivity contribution is -0.137. The van der Waals surface area contributed by atoms with Gasteiger partial charge in [0.05, 0.1) is 18.8 Å². The van der Waals surface area contributed by atoms with E-state index in [1.807, 2.05) is 18.2 Å². The number of ether oxygens (including phenoxy) is 2. The van der Waals surface area contributed by atoms with Gasteiger partial charge in [0.15, 0.2) is 17.5 Å². The first kappa shape index (κ1) is 18.9. The summed E-state index contributed by atoms with van der Waals surface area (Å²) in [6, 6.07) is 10.5. The second kappa shape index (κ2) is 8.20. The third-order valence-electron chi connectivity index (χ3n) is 3.98.